The smallest absolute Gasteiger partial charge is 0.226 e. The van der Waals surface area contributed by atoms with E-state index in [1.54, 1.807) is 0 Å². The Balaban J connectivity index is 1.71. The fourth-order valence-corrected chi connectivity index (χ4v) is 6.73. The number of carbonyl (C=O) groups is 1. The summed E-state index contributed by atoms with van der Waals surface area (Å²) >= 11 is 0. The Morgan fingerprint density at radius 2 is 1.96 bits per heavy atom. The van der Waals surface area contributed by atoms with E-state index in [1.807, 2.05) is 18.9 Å². The molecule has 0 N–H and O–H groups in total. The second-order valence-electron chi connectivity index (χ2n) is 7.54. The summed E-state index contributed by atoms with van der Waals surface area (Å²) in [5.41, 5.74) is 0.107. The SMILES string of the molecule is CCOC1CC(N(C)C(=O)C2CCS(=O)(=O)C2)C12CCCCC2. The minimum atomic E-state index is -3.01. The normalized spacial score (nSPS) is 35.0. The van der Waals surface area contributed by atoms with Gasteiger partial charge in [0.25, 0.3) is 0 Å². The number of rotatable bonds is 4. The molecule has 1 amide bonds. The highest BCUT2D eigenvalue weighted by Gasteiger charge is 2.58. The zero-order chi connectivity index (χ0) is 16.7. The molecule has 2 aliphatic carbocycles. The molecule has 6 heteroatoms. The molecule has 3 aliphatic rings. The predicted molar refractivity (Wildman–Crippen MR) is 88.9 cm³/mol. The topological polar surface area (TPSA) is 63.7 Å². The highest BCUT2D eigenvalue weighted by molar-refractivity contribution is 7.91. The Bertz CT molecular complexity index is 553. The lowest BCUT2D eigenvalue weighted by Crippen LogP contribution is -2.66. The van der Waals surface area contributed by atoms with Crippen LogP contribution in [0.4, 0.5) is 0 Å². The molecule has 5 nitrogen and oxygen atoms in total. The van der Waals surface area contributed by atoms with Crippen molar-refractivity contribution in [1.82, 2.24) is 4.90 Å². The Kier molecular flexibility index (Phi) is 4.76. The maximum atomic E-state index is 12.8. The van der Waals surface area contributed by atoms with E-state index >= 15 is 0 Å². The van der Waals surface area contributed by atoms with Crippen LogP contribution in [0, 0.1) is 11.3 Å². The zero-order valence-corrected chi connectivity index (χ0v) is 15.1. The van der Waals surface area contributed by atoms with Crippen molar-refractivity contribution in [3.8, 4) is 0 Å². The molecular weight excluding hydrogens is 314 g/mol. The van der Waals surface area contributed by atoms with Crippen LogP contribution in [0.5, 0.6) is 0 Å². The van der Waals surface area contributed by atoms with Crippen molar-refractivity contribution < 1.29 is 17.9 Å². The highest BCUT2D eigenvalue weighted by Crippen LogP contribution is 2.55. The van der Waals surface area contributed by atoms with Crippen molar-refractivity contribution in [2.24, 2.45) is 11.3 Å². The van der Waals surface area contributed by atoms with E-state index in [0.717, 1.165) is 25.9 Å². The fraction of sp³-hybridized carbons (Fsp3) is 0.941. The molecule has 3 rings (SSSR count). The molecule has 1 spiro atoms. The van der Waals surface area contributed by atoms with Crippen LogP contribution in [0.25, 0.3) is 0 Å². The van der Waals surface area contributed by atoms with Gasteiger partial charge in [-0.25, -0.2) is 8.42 Å². The molecule has 0 radical (unpaired) electrons. The molecule has 3 atom stereocenters. The first-order valence-corrected chi connectivity index (χ1v) is 10.8. The van der Waals surface area contributed by atoms with Crippen molar-refractivity contribution >= 4 is 15.7 Å². The number of carbonyl (C=O) groups excluding carboxylic acids is 1. The highest BCUT2D eigenvalue weighted by atomic mass is 32.2. The molecule has 1 saturated heterocycles. The monoisotopic (exact) mass is 343 g/mol. The van der Waals surface area contributed by atoms with Gasteiger partial charge in [-0.1, -0.05) is 19.3 Å². The molecule has 132 valence electrons. The quantitative estimate of drug-likeness (QED) is 0.783. The standard InChI is InChI=1S/C17H29NO4S/c1-3-22-15-11-14(17(15)8-5-4-6-9-17)18(2)16(19)13-7-10-23(20,21)12-13/h13-15H,3-12H2,1-2H3. The van der Waals surface area contributed by atoms with E-state index in [0.29, 0.717) is 6.42 Å². The Labute approximate surface area is 139 Å². The van der Waals surface area contributed by atoms with E-state index in [1.165, 1.54) is 19.3 Å². The third kappa shape index (κ3) is 3.04. The van der Waals surface area contributed by atoms with Crippen LogP contribution in [0.2, 0.25) is 0 Å². The number of sulfone groups is 1. The van der Waals surface area contributed by atoms with Gasteiger partial charge in [-0.3, -0.25) is 4.79 Å². The van der Waals surface area contributed by atoms with Gasteiger partial charge in [0, 0.05) is 25.1 Å². The number of hydrogen-bond acceptors (Lipinski definition) is 4. The van der Waals surface area contributed by atoms with Gasteiger partial charge in [0.15, 0.2) is 9.84 Å². The first-order chi connectivity index (χ1) is 10.9. The summed E-state index contributed by atoms with van der Waals surface area (Å²) in [6, 6.07) is 0.218. The molecule has 1 heterocycles. The average Bonchev–Trinajstić information content (AvgIpc) is 2.90. The van der Waals surface area contributed by atoms with Gasteiger partial charge >= 0.3 is 0 Å². The van der Waals surface area contributed by atoms with Gasteiger partial charge in [0.2, 0.25) is 5.91 Å². The summed E-state index contributed by atoms with van der Waals surface area (Å²) in [6.45, 7) is 2.75. The van der Waals surface area contributed by atoms with E-state index in [4.69, 9.17) is 4.74 Å². The second kappa shape index (κ2) is 6.36. The van der Waals surface area contributed by atoms with Gasteiger partial charge in [0.1, 0.15) is 0 Å². The third-order valence-electron chi connectivity index (χ3n) is 6.29. The summed E-state index contributed by atoms with van der Waals surface area (Å²) in [5.74, 6) is -0.118. The van der Waals surface area contributed by atoms with E-state index < -0.39 is 9.84 Å². The summed E-state index contributed by atoms with van der Waals surface area (Å²) < 4.78 is 29.3. The lowest BCUT2D eigenvalue weighted by Gasteiger charge is -2.60. The minimum absolute atomic E-state index is 0.0240. The van der Waals surface area contributed by atoms with Gasteiger partial charge < -0.3 is 9.64 Å². The van der Waals surface area contributed by atoms with Gasteiger partial charge in [-0.05, 0) is 32.6 Å². The zero-order valence-electron chi connectivity index (χ0n) is 14.3. The van der Waals surface area contributed by atoms with Crippen LogP contribution < -0.4 is 0 Å². The van der Waals surface area contributed by atoms with E-state index in [9.17, 15) is 13.2 Å². The van der Waals surface area contributed by atoms with Crippen LogP contribution >= 0.6 is 0 Å². The summed E-state index contributed by atoms with van der Waals surface area (Å²) in [5, 5.41) is 0. The lowest BCUT2D eigenvalue weighted by atomic mass is 9.54. The molecule has 2 saturated carbocycles. The molecule has 0 aromatic heterocycles. The van der Waals surface area contributed by atoms with Crippen molar-refractivity contribution in [3.63, 3.8) is 0 Å². The summed E-state index contributed by atoms with van der Waals surface area (Å²) in [4.78, 5) is 14.6. The first-order valence-electron chi connectivity index (χ1n) is 8.98. The molecule has 0 aromatic carbocycles. The average molecular weight is 343 g/mol. The van der Waals surface area contributed by atoms with E-state index in [-0.39, 0.29) is 40.9 Å². The number of nitrogens with zero attached hydrogens (tertiary/aromatic N) is 1. The molecule has 1 aliphatic heterocycles. The maximum Gasteiger partial charge on any atom is 0.226 e. The van der Waals surface area contributed by atoms with Crippen LogP contribution in [-0.2, 0) is 19.4 Å². The Morgan fingerprint density at radius 1 is 1.26 bits per heavy atom. The van der Waals surface area contributed by atoms with Crippen molar-refractivity contribution in [1.29, 1.82) is 0 Å². The second-order valence-corrected chi connectivity index (χ2v) is 9.77. The van der Waals surface area contributed by atoms with Gasteiger partial charge in [-0.15, -0.1) is 0 Å². The fourth-order valence-electron chi connectivity index (χ4n) is 5.00. The van der Waals surface area contributed by atoms with Crippen LogP contribution in [0.15, 0.2) is 0 Å². The molecule has 23 heavy (non-hydrogen) atoms. The summed E-state index contributed by atoms with van der Waals surface area (Å²) in [7, 11) is -1.14. The molecular formula is C17H29NO4S. The van der Waals surface area contributed by atoms with Crippen LogP contribution in [0.1, 0.15) is 51.9 Å². The lowest BCUT2D eigenvalue weighted by molar-refractivity contribution is -0.186. The van der Waals surface area contributed by atoms with E-state index in [2.05, 4.69) is 0 Å². The molecule has 0 bridgehead atoms. The molecule has 3 unspecified atom stereocenters. The number of hydrogen-bond donors (Lipinski definition) is 0. The number of ether oxygens (including phenoxy) is 1. The largest absolute Gasteiger partial charge is 0.378 e. The third-order valence-corrected chi connectivity index (χ3v) is 8.06. The van der Waals surface area contributed by atoms with Crippen LogP contribution in [0.3, 0.4) is 0 Å². The van der Waals surface area contributed by atoms with Crippen molar-refractivity contribution in [3.05, 3.63) is 0 Å². The van der Waals surface area contributed by atoms with Crippen molar-refractivity contribution in [2.75, 3.05) is 25.2 Å². The van der Waals surface area contributed by atoms with Gasteiger partial charge in [-0.2, -0.15) is 0 Å². The van der Waals surface area contributed by atoms with Gasteiger partial charge in [0.05, 0.1) is 23.5 Å². The summed E-state index contributed by atoms with van der Waals surface area (Å²) in [6.07, 6.45) is 7.59. The first kappa shape index (κ1) is 17.2. The van der Waals surface area contributed by atoms with Crippen molar-refractivity contribution in [2.45, 2.75) is 64.0 Å². The minimum Gasteiger partial charge on any atom is -0.378 e. The number of amides is 1. The Morgan fingerprint density at radius 3 is 2.52 bits per heavy atom. The molecule has 0 aromatic rings. The van der Waals surface area contributed by atoms with Crippen LogP contribution in [-0.4, -0.2) is 56.5 Å². The maximum absolute atomic E-state index is 12.8. The predicted octanol–water partition coefficient (Wildman–Crippen LogP) is 2.01. The Hall–Kier alpha value is -0.620. The molecule has 3 fully saturated rings.